The lowest BCUT2D eigenvalue weighted by Crippen LogP contribution is -2.71. The lowest BCUT2D eigenvalue weighted by atomic mass is 10.0. The zero-order valence-corrected chi connectivity index (χ0v) is 23.4. The molecule has 39 heavy (non-hydrogen) atoms. The molecule has 0 radical (unpaired) electrons. The molecule has 3 aromatic heterocycles. The van der Waals surface area contributed by atoms with Crippen LogP contribution < -0.4 is 15.8 Å². The van der Waals surface area contributed by atoms with Crippen LogP contribution in [0.25, 0.3) is 10.8 Å². The van der Waals surface area contributed by atoms with E-state index in [-0.39, 0.29) is 33.2 Å². The Balaban J connectivity index is 1.28. The molecule has 0 bridgehead atoms. The van der Waals surface area contributed by atoms with Crippen molar-refractivity contribution in [2.45, 2.75) is 16.6 Å². The molecule has 0 spiro atoms. The van der Waals surface area contributed by atoms with Crippen molar-refractivity contribution in [2.24, 2.45) is 5.16 Å². The molecule has 5 heterocycles. The fraction of sp³-hybridized carbons (Fsp3) is 0.286. The van der Waals surface area contributed by atoms with Crippen LogP contribution in [0.4, 0.5) is 5.13 Å². The summed E-state index contributed by atoms with van der Waals surface area (Å²) in [6.07, 6.45) is 0. The molecule has 2 aliphatic rings. The van der Waals surface area contributed by atoms with Crippen molar-refractivity contribution in [1.82, 2.24) is 25.4 Å². The number of carboxylic acids is 1. The number of nitrogens with two attached hydrogens (primary N) is 1. The number of hydrogen-bond acceptors (Lipinski definition) is 15. The number of aromatic nitrogens is 3. The number of anilines is 1. The average Bonchev–Trinajstić information content (AvgIpc) is 3.68. The van der Waals surface area contributed by atoms with E-state index < -0.39 is 29.2 Å². The molecule has 0 saturated carbocycles. The number of thioether (sulfide) groups is 2. The number of nitrogens with one attached hydrogen (secondary N) is 1. The second kappa shape index (κ2) is 11.2. The van der Waals surface area contributed by atoms with Crippen molar-refractivity contribution in [1.29, 1.82) is 0 Å². The number of hydrogen-bond donors (Lipinski definition) is 3. The van der Waals surface area contributed by atoms with E-state index in [1.165, 1.54) is 40.5 Å². The first-order valence-electron chi connectivity index (χ1n) is 10.9. The first-order chi connectivity index (χ1) is 18.8. The fourth-order valence-corrected chi connectivity index (χ4v) is 7.39. The standard InChI is InChI=1S/C21H19N7O7S4/c1-33-10-3-4-36-14(10)16-25-26-21(35-16)39-6-8-5-37-18-12(17(30)28(18)13(8)19(31)32)24-15(29)11(27-34-2)9-7-38-20(22)23-9/h3-4,7,12,18H,5-6H2,1-2H3,(H2,22,23)(H,24,29)(H,31,32)/t12-,18+/m1/s1. The van der Waals surface area contributed by atoms with Crippen LogP contribution in [0.15, 0.2) is 42.9 Å². The number of carbonyl (C=O) groups excluding carboxylic acids is 2. The van der Waals surface area contributed by atoms with Gasteiger partial charge in [-0.3, -0.25) is 14.5 Å². The number of thiazole rings is 1. The van der Waals surface area contributed by atoms with Gasteiger partial charge < -0.3 is 30.1 Å². The quantitative estimate of drug-likeness (QED) is 0.130. The number of fused-ring (bicyclic) bond motifs is 1. The third kappa shape index (κ3) is 5.19. The zero-order chi connectivity index (χ0) is 27.7. The maximum atomic E-state index is 13.0. The number of carboxylic acid groups (broad SMARTS) is 1. The van der Waals surface area contributed by atoms with Crippen molar-refractivity contribution >= 4 is 74.8 Å². The van der Waals surface area contributed by atoms with Gasteiger partial charge in [0.1, 0.15) is 40.5 Å². The number of carbonyl (C=O) groups is 3. The van der Waals surface area contributed by atoms with Crippen molar-refractivity contribution in [3.8, 4) is 16.5 Å². The van der Waals surface area contributed by atoms with Gasteiger partial charge in [-0.15, -0.1) is 44.6 Å². The smallest absolute Gasteiger partial charge is 0.352 e. The Morgan fingerprint density at radius 3 is 2.87 bits per heavy atom. The molecule has 5 rings (SSSR count). The van der Waals surface area contributed by atoms with Gasteiger partial charge >= 0.3 is 5.97 Å². The summed E-state index contributed by atoms with van der Waals surface area (Å²) >= 11 is 5.01. The van der Waals surface area contributed by atoms with Crippen LogP contribution >= 0.6 is 46.2 Å². The molecule has 2 aliphatic heterocycles. The van der Waals surface area contributed by atoms with Gasteiger partial charge in [0.15, 0.2) is 10.8 Å². The summed E-state index contributed by atoms with van der Waals surface area (Å²) in [5.74, 6) is -1.07. The summed E-state index contributed by atoms with van der Waals surface area (Å²) in [6.45, 7) is 0. The molecule has 0 unspecified atom stereocenters. The normalized spacial score (nSPS) is 19.0. The summed E-state index contributed by atoms with van der Waals surface area (Å²) in [4.78, 5) is 48.7. The van der Waals surface area contributed by atoms with Gasteiger partial charge in [-0.2, -0.15) is 0 Å². The van der Waals surface area contributed by atoms with E-state index in [9.17, 15) is 19.5 Å². The number of amides is 2. The van der Waals surface area contributed by atoms with Crippen molar-refractivity contribution in [3.05, 3.63) is 33.8 Å². The molecule has 2 amide bonds. The minimum atomic E-state index is -1.25. The van der Waals surface area contributed by atoms with Crippen LogP contribution in [0.3, 0.4) is 0 Å². The first-order valence-corrected chi connectivity index (χ1v) is 14.7. The molecule has 2 atom stereocenters. The average molecular weight is 610 g/mol. The predicted molar refractivity (Wildman–Crippen MR) is 145 cm³/mol. The van der Waals surface area contributed by atoms with Gasteiger partial charge in [0, 0.05) is 16.9 Å². The third-order valence-corrected chi connectivity index (χ3v) is 9.32. The Hall–Kier alpha value is -3.61. The highest BCUT2D eigenvalue weighted by Gasteiger charge is 2.54. The highest BCUT2D eigenvalue weighted by molar-refractivity contribution is 8.01. The lowest BCUT2D eigenvalue weighted by Gasteiger charge is -2.49. The Morgan fingerprint density at radius 2 is 2.18 bits per heavy atom. The highest BCUT2D eigenvalue weighted by Crippen LogP contribution is 2.42. The largest absolute Gasteiger partial charge is 0.495 e. The Bertz CT molecular complexity index is 1500. The van der Waals surface area contributed by atoms with E-state index >= 15 is 0 Å². The van der Waals surface area contributed by atoms with Crippen LogP contribution in [0, 0.1) is 0 Å². The number of methoxy groups -OCH3 is 1. The Kier molecular flexibility index (Phi) is 7.78. The van der Waals surface area contributed by atoms with Crippen LogP contribution in [-0.2, 0) is 19.2 Å². The van der Waals surface area contributed by atoms with Crippen molar-refractivity contribution in [2.75, 3.05) is 31.5 Å². The lowest BCUT2D eigenvalue weighted by molar-refractivity contribution is -0.150. The Morgan fingerprint density at radius 1 is 1.36 bits per heavy atom. The third-order valence-electron chi connectivity index (χ3n) is 5.52. The maximum Gasteiger partial charge on any atom is 0.352 e. The second-order valence-corrected chi connectivity index (χ2v) is 11.6. The van der Waals surface area contributed by atoms with Crippen LogP contribution in [-0.4, -0.2) is 85.8 Å². The van der Waals surface area contributed by atoms with E-state index in [4.69, 9.17) is 19.7 Å². The molecule has 1 saturated heterocycles. The first kappa shape index (κ1) is 27.0. The van der Waals surface area contributed by atoms with Gasteiger partial charge in [0.2, 0.25) is 0 Å². The van der Waals surface area contributed by atoms with Gasteiger partial charge in [0.05, 0.1) is 7.11 Å². The van der Waals surface area contributed by atoms with E-state index in [1.807, 2.05) is 5.38 Å². The summed E-state index contributed by atoms with van der Waals surface area (Å²) in [6, 6.07) is 0.833. The summed E-state index contributed by atoms with van der Waals surface area (Å²) in [5, 5.41) is 27.6. The summed E-state index contributed by atoms with van der Waals surface area (Å²) in [7, 11) is 2.82. The van der Waals surface area contributed by atoms with E-state index in [0.29, 0.717) is 27.8 Å². The number of oxime groups is 1. The molecule has 0 aliphatic carbocycles. The zero-order valence-electron chi connectivity index (χ0n) is 20.1. The second-order valence-electron chi connectivity index (χ2n) is 7.79. The SMILES string of the molecule is CON=C(C(=O)N[C@@H]1C(=O)N2C(C(=O)O)=C(CSc3nnc(-c4sccc4OC)o3)CS[C@@H]12)c1csc(N)n1. The number of β-lactam (4-membered cyclic amide) rings is 1. The maximum absolute atomic E-state index is 13.0. The number of rotatable bonds is 10. The monoisotopic (exact) mass is 609 g/mol. The number of nitrogens with zero attached hydrogens (tertiary/aromatic N) is 5. The van der Waals surface area contributed by atoms with E-state index in [1.54, 1.807) is 13.2 Å². The van der Waals surface area contributed by atoms with E-state index in [0.717, 1.165) is 23.1 Å². The molecule has 1 fully saturated rings. The van der Waals surface area contributed by atoms with Gasteiger partial charge in [-0.05, 0) is 17.0 Å². The molecule has 204 valence electrons. The van der Waals surface area contributed by atoms with Crippen LogP contribution in [0.1, 0.15) is 5.69 Å². The van der Waals surface area contributed by atoms with Crippen molar-refractivity contribution in [3.63, 3.8) is 0 Å². The number of thiophene rings is 1. The number of ether oxygens (including phenoxy) is 1. The van der Waals surface area contributed by atoms with Crippen LogP contribution in [0.5, 0.6) is 5.75 Å². The minimum Gasteiger partial charge on any atom is -0.495 e. The number of nitrogen functional groups attached to an aromatic ring is 1. The predicted octanol–water partition coefficient (Wildman–Crippen LogP) is 1.73. The molecular weight excluding hydrogens is 591 g/mol. The Labute approximate surface area is 236 Å². The molecule has 0 aromatic carbocycles. The van der Waals surface area contributed by atoms with Crippen molar-refractivity contribution < 1.29 is 33.5 Å². The topological polar surface area (TPSA) is 195 Å². The molecule has 14 nitrogen and oxygen atoms in total. The summed E-state index contributed by atoms with van der Waals surface area (Å²) in [5.41, 5.74) is 6.09. The highest BCUT2D eigenvalue weighted by atomic mass is 32.2. The van der Waals surface area contributed by atoms with Gasteiger partial charge in [-0.1, -0.05) is 16.9 Å². The van der Waals surface area contributed by atoms with Gasteiger partial charge in [-0.25, -0.2) is 9.78 Å². The van der Waals surface area contributed by atoms with E-state index in [2.05, 4.69) is 25.7 Å². The molecular formula is C21H19N7O7S4. The molecule has 18 heteroatoms. The minimum absolute atomic E-state index is 0.125. The van der Waals surface area contributed by atoms with Crippen LogP contribution in [0.2, 0.25) is 0 Å². The summed E-state index contributed by atoms with van der Waals surface area (Å²) < 4.78 is 11.0. The molecule has 4 N–H and O–H groups in total. The van der Waals surface area contributed by atoms with Gasteiger partial charge in [0.25, 0.3) is 22.9 Å². The number of aliphatic carboxylic acids is 1. The molecule has 3 aromatic rings. The fourth-order valence-electron chi connectivity index (χ4n) is 3.82.